The van der Waals surface area contributed by atoms with Gasteiger partial charge in [0.1, 0.15) is 0 Å². The van der Waals surface area contributed by atoms with Crippen molar-refractivity contribution >= 4 is 0 Å². The van der Waals surface area contributed by atoms with Crippen molar-refractivity contribution in [3.05, 3.63) is 0 Å². The van der Waals surface area contributed by atoms with Crippen LogP contribution >= 0.6 is 0 Å². The minimum absolute atomic E-state index is 0.0383. The molecule has 0 bridgehead atoms. The molecular formula is C13H27NO2. The molecule has 96 valence electrons. The summed E-state index contributed by atoms with van der Waals surface area (Å²) in [5.41, 5.74) is 6.23. The van der Waals surface area contributed by atoms with Crippen molar-refractivity contribution < 1.29 is 9.84 Å². The number of rotatable bonds is 8. The van der Waals surface area contributed by atoms with Gasteiger partial charge in [0, 0.05) is 18.8 Å². The molecule has 0 unspecified atom stereocenters. The van der Waals surface area contributed by atoms with Gasteiger partial charge in [-0.15, -0.1) is 0 Å². The van der Waals surface area contributed by atoms with E-state index in [9.17, 15) is 0 Å². The van der Waals surface area contributed by atoms with Gasteiger partial charge in [0.25, 0.3) is 0 Å². The highest BCUT2D eigenvalue weighted by Crippen LogP contribution is 2.25. The van der Waals surface area contributed by atoms with E-state index in [-0.39, 0.29) is 5.54 Å². The third kappa shape index (κ3) is 5.83. The van der Waals surface area contributed by atoms with Crippen LogP contribution in [0.25, 0.3) is 0 Å². The predicted molar refractivity (Wildman–Crippen MR) is 66.4 cm³/mol. The Morgan fingerprint density at radius 1 is 1.00 bits per heavy atom. The molecular weight excluding hydrogens is 202 g/mol. The number of hydrogen-bond donors (Lipinski definition) is 2. The molecule has 0 aliphatic heterocycles. The molecule has 3 nitrogen and oxygen atoms in total. The Bertz CT molecular complexity index is 167. The molecule has 1 rings (SSSR count). The van der Waals surface area contributed by atoms with Crippen LogP contribution in [0.1, 0.15) is 57.8 Å². The molecule has 0 atom stereocenters. The van der Waals surface area contributed by atoms with Crippen LogP contribution < -0.4 is 5.73 Å². The van der Waals surface area contributed by atoms with Crippen molar-refractivity contribution in [2.24, 2.45) is 5.73 Å². The van der Waals surface area contributed by atoms with Crippen LogP contribution in [0.3, 0.4) is 0 Å². The van der Waals surface area contributed by atoms with Gasteiger partial charge in [0.2, 0.25) is 0 Å². The van der Waals surface area contributed by atoms with E-state index >= 15 is 0 Å². The molecule has 3 heteroatoms. The van der Waals surface area contributed by atoms with Gasteiger partial charge in [-0.3, -0.25) is 0 Å². The summed E-state index contributed by atoms with van der Waals surface area (Å²) in [6.45, 7) is 1.87. The van der Waals surface area contributed by atoms with E-state index in [1.807, 2.05) is 0 Å². The van der Waals surface area contributed by atoms with Gasteiger partial charge in [-0.1, -0.05) is 32.1 Å². The lowest BCUT2D eigenvalue weighted by molar-refractivity contribution is 0.0654. The molecule has 0 spiro atoms. The quantitative estimate of drug-likeness (QED) is 0.627. The summed E-state index contributed by atoms with van der Waals surface area (Å²) in [6.07, 6.45) is 10.4. The highest BCUT2D eigenvalue weighted by atomic mass is 16.5. The summed E-state index contributed by atoms with van der Waals surface area (Å²) in [6, 6.07) is 0. The largest absolute Gasteiger partial charge is 0.396 e. The molecule has 0 aromatic carbocycles. The fourth-order valence-electron chi connectivity index (χ4n) is 2.35. The Kier molecular flexibility index (Phi) is 7.01. The average molecular weight is 229 g/mol. The maximum atomic E-state index is 8.63. The molecule has 1 fully saturated rings. The lowest BCUT2D eigenvalue weighted by Crippen LogP contribution is -2.46. The van der Waals surface area contributed by atoms with Crippen LogP contribution in [0.4, 0.5) is 0 Å². The lowest BCUT2D eigenvalue weighted by Gasteiger charge is -2.33. The standard InChI is InChI=1S/C13H27NO2/c14-13(8-4-3-5-9-13)12-16-11-7-2-1-6-10-15/h15H,1-12,14H2. The summed E-state index contributed by atoms with van der Waals surface area (Å²) in [5.74, 6) is 0. The Balaban J connectivity index is 1.93. The van der Waals surface area contributed by atoms with Gasteiger partial charge in [0.05, 0.1) is 6.61 Å². The van der Waals surface area contributed by atoms with E-state index < -0.39 is 0 Å². The Labute approximate surface area is 99.4 Å². The Morgan fingerprint density at radius 3 is 2.38 bits per heavy atom. The summed E-state index contributed by atoms with van der Waals surface area (Å²) in [5, 5.41) is 8.63. The smallest absolute Gasteiger partial charge is 0.0646 e. The van der Waals surface area contributed by atoms with Crippen LogP contribution in [0, 0.1) is 0 Å². The molecule has 0 amide bonds. The summed E-state index contributed by atoms with van der Waals surface area (Å²) in [7, 11) is 0. The van der Waals surface area contributed by atoms with Crippen molar-refractivity contribution in [3.8, 4) is 0 Å². The first-order valence-electron chi connectivity index (χ1n) is 6.74. The van der Waals surface area contributed by atoms with Crippen LogP contribution in [-0.2, 0) is 4.74 Å². The first kappa shape index (κ1) is 13.9. The van der Waals surface area contributed by atoms with Crippen LogP contribution in [0.5, 0.6) is 0 Å². The maximum absolute atomic E-state index is 8.63. The first-order valence-corrected chi connectivity index (χ1v) is 6.74. The van der Waals surface area contributed by atoms with Crippen molar-refractivity contribution in [1.29, 1.82) is 0 Å². The molecule has 1 aliphatic carbocycles. The second-order valence-electron chi connectivity index (χ2n) is 5.11. The molecule has 0 saturated heterocycles. The van der Waals surface area contributed by atoms with E-state index in [4.69, 9.17) is 15.6 Å². The summed E-state index contributed by atoms with van der Waals surface area (Å²) < 4.78 is 5.67. The normalized spacial score (nSPS) is 19.9. The number of hydrogen-bond acceptors (Lipinski definition) is 3. The minimum Gasteiger partial charge on any atom is -0.396 e. The molecule has 0 aromatic heterocycles. The van der Waals surface area contributed by atoms with E-state index in [1.54, 1.807) is 0 Å². The van der Waals surface area contributed by atoms with Crippen molar-refractivity contribution in [2.75, 3.05) is 19.8 Å². The molecule has 16 heavy (non-hydrogen) atoms. The Hall–Kier alpha value is -0.120. The number of aliphatic hydroxyl groups is 1. The first-order chi connectivity index (χ1) is 7.77. The van der Waals surface area contributed by atoms with Crippen LogP contribution in [0.2, 0.25) is 0 Å². The van der Waals surface area contributed by atoms with Gasteiger partial charge < -0.3 is 15.6 Å². The predicted octanol–water partition coefficient (Wildman–Crippen LogP) is 2.22. The second-order valence-corrected chi connectivity index (χ2v) is 5.11. The summed E-state index contributed by atoms with van der Waals surface area (Å²) >= 11 is 0. The lowest BCUT2D eigenvalue weighted by atomic mass is 9.83. The molecule has 0 radical (unpaired) electrons. The SMILES string of the molecule is NC1(COCCCCCCO)CCCCC1. The second kappa shape index (κ2) is 8.04. The fourth-order valence-corrected chi connectivity index (χ4v) is 2.35. The minimum atomic E-state index is -0.0383. The van der Waals surface area contributed by atoms with E-state index in [1.165, 1.54) is 19.3 Å². The number of nitrogens with two attached hydrogens (primary N) is 1. The number of unbranched alkanes of at least 4 members (excludes halogenated alkanes) is 3. The zero-order valence-corrected chi connectivity index (χ0v) is 10.4. The van der Waals surface area contributed by atoms with Gasteiger partial charge in [-0.25, -0.2) is 0 Å². The van der Waals surface area contributed by atoms with Crippen LogP contribution in [-0.4, -0.2) is 30.5 Å². The van der Waals surface area contributed by atoms with Gasteiger partial charge >= 0.3 is 0 Å². The van der Waals surface area contributed by atoms with Gasteiger partial charge in [0.15, 0.2) is 0 Å². The zero-order valence-electron chi connectivity index (χ0n) is 10.4. The third-order valence-electron chi connectivity index (χ3n) is 3.44. The number of aliphatic hydroxyl groups excluding tert-OH is 1. The Morgan fingerprint density at radius 2 is 1.69 bits per heavy atom. The highest BCUT2D eigenvalue weighted by Gasteiger charge is 2.27. The van der Waals surface area contributed by atoms with Gasteiger partial charge in [-0.05, 0) is 25.7 Å². The van der Waals surface area contributed by atoms with Crippen molar-refractivity contribution in [2.45, 2.75) is 63.3 Å². The molecule has 3 N–H and O–H groups in total. The average Bonchev–Trinajstić information content (AvgIpc) is 2.29. The highest BCUT2D eigenvalue weighted by molar-refractivity contribution is 4.86. The van der Waals surface area contributed by atoms with Crippen molar-refractivity contribution in [3.63, 3.8) is 0 Å². The summed E-state index contributed by atoms with van der Waals surface area (Å²) in [4.78, 5) is 0. The van der Waals surface area contributed by atoms with Gasteiger partial charge in [-0.2, -0.15) is 0 Å². The van der Waals surface area contributed by atoms with Crippen LogP contribution in [0.15, 0.2) is 0 Å². The molecule has 0 heterocycles. The topological polar surface area (TPSA) is 55.5 Å². The van der Waals surface area contributed by atoms with Crippen molar-refractivity contribution in [1.82, 2.24) is 0 Å². The zero-order chi connectivity index (χ0) is 11.7. The maximum Gasteiger partial charge on any atom is 0.0646 e. The monoisotopic (exact) mass is 229 g/mol. The van der Waals surface area contributed by atoms with E-state index in [0.29, 0.717) is 6.61 Å². The molecule has 0 aromatic rings. The number of ether oxygens (including phenoxy) is 1. The molecule has 1 saturated carbocycles. The fraction of sp³-hybridized carbons (Fsp3) is 1.00. The molecule has 1 aliphatic rings. The third-order valence-corrected chi connectivity index (χ3v) is 3.44. The van der Waals surface area contributed by atoms with E-state index in [0.717, 1.165) is 51.7 Å². The van der Waals surface area contributed by atoms with E-state index in [2.05, 4.69) is 0 Å².